The summed E-state index contributed by atoms with van der Waals surface area (Å²) in [5.41, 5.74) is 1.87. The van der Waals surface area contributed by atoms with E-state index in [4.69, 9.17) is 4.74 Å². The van der Waals surface area contributed by atoms with Gasteiger partial charge >= 0.3 is 0 Å². The summed E-state index contributed by atoms with van der Waals surface area (Å²) in [6, 6.07) is 7.38. The zero-order valence-corrected chi connectivity index (χ0v) is 15.5. The van der Waals surface area contributed by atoms with Crippen LogP contribution < -0.4 is 10.6 Å². The van der Waals surface area contributed by atoms with Gasteiger partial charge in [-0.1, -0.05) is 29.8 Å². The summed E-state index contributed by atoms with van der Waals surface area (Å²) < 4.78 is 5.33. The molecule has 2 atom stereocenters. The van der Waals surface area contributed by atoms with E-state index < -0.39 is 0 Å². The van der Waals surface area contributed by atoms with Crippen molar-refractivity contribution in [2.45, 2.75) is 25.8 Å². The smallest absolute Gasteiger partial charge is 0.237 e. The van der Waals surface area contributed by atoms with Gasteiger partial charge < -0.3 is 15.4 Å². The van der Waals surface area contributed by atoms with Gasteiger partial charge in [0.15, 0.2) is 5.78 Å². The molecule has 2 heterocycles. The van der Waals surface area contributed by atoms with Crippen LogP contribution in [0.25, 0.3) is 0 Å². The van der Waals surface area contributed by atoms with Crippen LogP contribution in [0.2, 0.25) is 0 Å². The molecule has 26 heavy (non-hydrogen) atoms. The Morgan fingerprint density at radius 1 is 1.23 bits per heavy atom. The molecule has 1 aromatic carbocycles. The predicted octanol–water partition coefficient (Wildman–Crippen LogP) is 0.994. The van der Waals surface area contributed by atoms with E-state index in [0.717, 1.165) is 50.4 Å². The third-order valence-corrected chi connectivity index (χ3v) is 5.21. The Bertz CT molecular complexity index is 611. The standard InChI is InChI=1S/C20H29N3O3/c1-15-3-5-16(6-4-15)19(24)17-13-18(22-14-17)20(25)21-7-2-8-23-9-11-26-12-10-23/h3-6,17-18,22H,2,7-14H2,1H3,(H,21,25). The number of amides is 1. The fourth-order valence-corrected chi connectivity index (χ4v) is 3.55. The quantitative estimate of drug-likeness (QED) is 0.561. The Labute approximate surface area is 155 Å². The van der Waals surface area contributed by atoms with Crippen molar-refractivity contribution in [2.24, 2.45) is 5.92 Å². The van der Waals surface area contributed by atoms with E-state index >= 15 is 0 Å². The van der Waals surface area contributed by atoms with Gasteiger partial charge in [0, 0.05) is 37.7 Å². The van der Waals surface area contributed by atoms with Crippen molar-refractivity contribution < 1.29 is 14.3 Å². The van der Waals surface area contributed by atoms with Crippen molar-refractivity contribution in [1.29, 1.82) is 0 Å². The first kappa shape index (κ1) is 19.0. The number of Topliss-reactive ketones (excluding diaryl/α,β-unsaturated/α-hetero) is 1. The first-order chi connectivity index (χ1) is 12.6. The Morgan fingerprint density at radius 3 is 2.69 bits per heavy atom. The van der Waals surface area contributed by atoms with E-state index in [1.54, 1.807) is 0 Å². The fraction of sp³-hybridized carbons (Fsp3) is 0.600. The van der Waals surface area contributed by atoms with E-state index in [2.05, 4.69) is 15.5 Å². The van der Waals surface area contributed by atoms with E-state index in [9.17, 15) is 9.59 Å². The lowest BCUT2D eigenvalue weighted by Gasteiger charge is -2.26. The molecule has 3 rings (SSSR count). The molecule has 0 aliphatic carbocycles. The maximum Gasteiger partial charge on any atom is 0.237 e. The van der Waals surface area contributed by atoms with Crippen molar-refractivity contribution in [3.63, 3.8) is 0 Å². The number of hydrogen-bond acceptors (Lipinski definition) is 5. The lowest BCUT2D eigenvalue weighted by molar-refractivity contribution is -0.122. The van der Waals surface area contributed by atoms with Crippen molar-refractivity contribution in [3.05, 3.63) is 35.4 Å². The van der Waals surface area contributed by atoms with Gasteiger partial charge in [0.05, 0.1) is 19.3 Å². The molecule has 1 amide bonds. The van der Waals surface area contributed by atoms with Crippen molar-refractivity contribution in [3.8, 4) is 0 Å². The second kappa shape index (κ2) is 9.26. The summed E-state index contributed by atoms with van der Waals surface area (Å²) in [7, 11) is 0. The summed E-state index contributed by atoms with van der Waals surface area (Å²) in [4.78, 5) is 27.3. The van der Waals surface area contributed by atoms with Crippen LogP contribution in [0.5, 0.6) is 0 Å². The van der Waals surface area contributed by atoms with Crippen molar-refractivity contribution in [2.75, 3.05) is 45.9 Å². The van der Waals surface area contributed by atoms with E-state index in [1.807, 2.05) is 31.2 Å². The van der Waals surface area contributed by atoms with Gasteiger partial charge in [0.1, 0.15) is 0 Å². The number of morpholine rings is 1. The maximum absolute atomic E-state index is 12.6. The average Bonchev–Trinajstić information content (AvgIpc) is 3.16. The second-order valence-corrected chi connectivity index (χ2v) is 7.22. The fourth-order valence-electron chi connectivity index (χ4n) is 3.55. The Kier molecular flexibility index (Phi) is 6.77. The number of hydrogen-bond donors (Lipinski definition) is 2. The molecule has 2 aliphatic heterocycles. The average molecular weight is 359 g/mol. The zero-order valence-electron chi connectivity index (χ0n) is 15.5. The molecule has 0 spiro atoms. The molecule has 2 unspecified atom stereocenters. The number of carbonyl (C=O) groups excluding carboxylic acids is 2. The molecular formula is C20H29N3O3. The van der Waals surface area contributed by atoms with Crippen LogP contribution >= 0.6 is 0 Å². The highest BCUT2D eigenvalue weighted by Gasteiger charge is 2.33. The summed E-state index contributed by atoms with van der Waals surface area (Å²) >= 11 is 0. The highest BCUT2D eigenvalue weighted by Crippen LogP contribution is 2.20. The number of rotatable bonds is 7. The molecule has 142 valence electrons. The van der Waals surface area contributed by atoms with Crippen LogP contribution in [0.1, 0.15) is 28.8 Å². The van der Waals surface area contributed by atoms with Gasteiger partial charge in [-0.2, -0.15) is 0 Å². The van der Waals surface area contributed by atoms with E-state index in [-0.39, 0.29) is 23.7 Å². The zero-order chi connectivity index (χ0) is 18.4. The largest absolute Gasteiger partial charge is 0.379 e. The Morgan fingerprint density at radius 2 is 1.96 bits per heavy atom. The molecule has 6 nitrogen and oxygen atoms in total. The number of aryl methyl sites for hydroxylation is 1. The van der Waals surface area contributed by atoms with Crippen LogP contribution in [0.4, 0.5) is 0 Å². The lowest BCUT2D eigenvalue weighted by Crippen LogP contribution is -2.42. The molecule has 0 aromatic heterocycles. The van der Waals surface area contributed by atoms with Crippen LogP contribution in [-0.2, 0) is 9.53 Å². The molecule has 2 N–H and O–H groups in total. The highest BCUT2D eigenvalue weighted by atomic mass is 16.5. The minimum absolute atomic E-state index is 0.00573. The summed E-state index contributed by atoms with van der Waals surface area (Å²) in [6.45, 7) is 7.77. The molecule has 1 aromatic rings. The van der Waals surface area contributed by atoms with Gasteiger partial charge in [0.25, 0.3) is 0 Å². The molecule has 0 bridgehead atoms. The Hall–Kier alpha value is -1.76. The minimum atomic E-state index is -0.266. The normalized spacial score (nSPS) is 23.7. The molecule has 2 saturated heterocycles. The number of ketones is 1. The van der Waals surface area contributed by atoms with Crippen molar-refractivity contribution >= 4 is 11.7 Å². The minimum Gasteiger partial charge on any atom is -0.379 e. The predicted molar refractivity (Wildman–Crippen MR) is 100 cm³/mol. The SMILES string of the molecule is Cc1ccc(C(=O)C2CNC(C(=O)NCCCN3CCOCC3)C2)cc1. The number of ether oxygens (including phenoxy) is 1. The summed E-state index contributed by atoms with van der Waals surface area (Å²) in [5.74, 6) is 0.00751. The van der Waals surface area contributed by atoms with Crippen LogP contribution in [0, 0.1) is 12.8 Å². The van der Waals surface area contributed by atoms with E-state index in [1.165, 1.54) is 0 Å². The van der Waals surface area contributed by atoms with Gasteiger partial charge in [-0.25, -0.2) is 0 Å². The van der Waals surface area contributed by atoms with Gasteiger partial charge in [-0.15, -0.1) is 0 Å². The molecular weight excluding hydrogens is 330 g/mol. The van der Waals surface area contributed by atoms with Crippen LogP contribution in [-0.4, -0.2) is 68.6 Å². The topological polar surface area (TPSA) is 70.7 Å². The maximum atomic E-state index is 12.6. The molecule has 6 heteroatoms. The third kappa shape index (κ3) is 5.13. The van der Waals surface area contributed by atoms with Crippen LogP contribution in [0.15, 0.2) is 24.3 Å². The summed E-state index contributed by atoms with van der Waals surface area (Å²) in [6.07, 6.45) is 1.51. The molecule has 0 radical (unpaired) electrons. The van der Waals surface area contributed by atoms with Gasteiger partial charge in [-0.3, -0.25) is 14.5 Å². The number of carbonyl (C=O) groups is 2. The van der Waals surface area contributed by atoms with Gasteiger partial charge in [-0.05, 0) is 26.3 Å². The number of nitrogens with one attached hydrogen (secondary N) is 2. The monoisotopic (exact) mass is 359 g/mol. The second-order valence-electron chi connectivity index (χ2n) is 7.22. The molecule has 2 aliphatic rings. The molecule has 2 fully saturated rings. The third-order valence-electron chi connectivity index (χ3n) is 5.21. The number of nitrogens with zero attached hydrogens (tertiary/aromatic N) is 1. The first-order valence-corrected chi connectivity index (χ1v) is 9.55. The number of benzene rings is 1. The summed E-state index contributed by atoms with van der Waals surface area (Å²) in [5, 5.41) is 6.20. The lowest BCUT2D eigenvalue weighted by atomic mass is 9.94. The molecule has 0 saturated carbocycles. The van der Waals surface area contributed by atoms with Gasteiger partial charge in [0.2, 0.25) is 5.91 Å². The van der Waals surface area contributed by atoms with E-state index in [0.29, 0.717) is 19.5 Å². The van der Waals surface area contributed by atoms with Crippen LogP contribution in [0.3, 0.4) is 0 Å². The Balaban J connectivity index is 1.38. The first-order valence-electron chi connectivity index (χ1n) is 9.55. The highest BCUT2D eigenvalue weighted by molar-refractivity contribution is 5.99. The van der Waals surface area contributed by atoms with Crippen molar-refractivity contribution in [1.82, 2.24) is 15.5 Å².